The van der Waals surface area contributed by atoms with Crippen LogP contribution in [0.5, 0.6) is 5.75 Å². The number of unbranched alkanes of at least 4 members (excludes halogenated alkanes) is 1. The maximum absolute atomic E-state index is 9.02. The summed E-state index contributed by atoms with van der Waals surface area (Å²) >= 11 is 0. The van der Waals surface area contributed by atoms with Crippen LogP contribution < -0.4 is 4.74 Å². The highest BCUT2D eigenvalue weighted by Crippen LogP contribution is 2.34. The fraction of sp³-hybridized carbons (Fsp3) is 0.529. The fourth-order valence-electron chi connectivity index (χ4n) is 2.10. The second-order valence-corrected chi connectivity index (χ2v) is 4.84. The van der Waals surface area contributed by atoms with Crippen molar-refractivity contribution in [3.05, 3.63) is 35.4 Å². The van der Waals surface area contributed by atoms with E-state index in [0.29, 0.717) is 5.92 Å². The van der Waals surface area contributed by atoms with Crippen LogP contribution in [0.15, 0.2) is 24.3 Å². The Bertz CT molecular complexity index is 394. The van der Waals surface area contributed by atoms with Gasteiger partial charge in [-0.25, -0.2) is 0 Å². The van der Waals surface area contributed by atoms with Gasteiger partial charge < -0.3 is 9.84 Å². The molecule has 0 aromatic heterocycles. The zero-order valence-electron chi connectivity index (χ0n) is 12.4. The molecule has 0 saturated carbocycles. The maximum atomic E-state index is 9.02. The standard InChI is InChI=1S/C13H16O2.C4H10/c1-15-12-6-5-10-3-2-4-11(7-8-14)13(10)9-12;1-3-4-2/h2-3,5-6,9,11,14H,4,7-8H2,1H3;3-4H2,1-2H3/t11-;/m0./s1. The molecule has 0 radical (unpaired) electrons. The number of ether oxygens (including phenoxy) is 1. The van der Waals surface area contributed by atoms with Crippen LogP contribution in [0.2, 0.25) is 0 Å². The van der Waals surface area contributed by atoms with Crippen LogP contribution in [0.25, 0.3) is 6.08 Å². The molecule has 0 fully saturated rings. The van der Waals surface area contributed by atoms with Crippen LogP contribution in [0.3, 0.4) is 0 Å². The maximum Gasteiger partial charge on any atom is 0.119 e. The Labute approximate surface area is 117 Å². The Balaban J connectivity index is 0.000000399. The molecule has 2 rings (SSSR count). The molecule has 1 aromatic carbocycles. The first-order chi connectivity index (χ1) is 9.26. The first-order valence-electron chi connectivity index (χ1n) is 7.22. The number of aliphatic hydroxyl groups is 1. The molecule has 2 nitrogen and oxygen atoms in total. The second kappa shape index (κ2) is 8.76. The van der Waals surface area contributed by atoms with Crippen LogP contribution in [-0.4, -0.2) is 18.8 Å². The van der Waals surface area contributed by atoms with Gasteiger partial charge in [-0.15, -0.1) is 0 Å². The van der Waals surface area contributed by atoms with E-state index >= 15 is 0 Å². The highest BCUT2D eigenvalue weighted by Gasteiger charge is 2.16. The van der Waals surface area contributed by atoms with E-state index in [2.05, 4.69) is 38.1 Å². The van der Waals surface area contributed by atoms with E-state index in [1.54, 1.807) is 7.11 Å². The van der Waals surface area contributed by atoms with E-state index in [4.69, 9.17) is 9.84 Å². The van der Waals surface area contributed by atoms with Crippen molar-refractivity contribution in [2.45, 2.75) is 45.4 Å². The van der Waals surface area contributed by atoms with Crippen molar-refractivity contribution in [3.63, 3.8) is 0 Å². The van der Waals surface area contributed by atoms with Crippen molar-refractivity contribution in [3.8, 4) is 5.75 Å². The van der Waals surface area contributed by atoms with E-state index in [9.17, 15) is 0 Å². The average Bonchev–Trinajstić information content (AvgIpc) is 2.47. The smallest absolute Gasteiger partial charge is 0.119 e. The Kier molecular flexibility index (Phi) is 7.27. The minimum Gasteiger partial charge on any atom is -0.497 e. The lowest BCUT2D eigenvalue weighted by molar-refractivity contribution is 0.275. The van der Waals surface area contributed by atoms with Crippen molar-refractivity contribution in [2.75, 3.05) is 13.7 Å². The minimum absolute atomic E-state index is 0.245. The highest BCUT2D eigenvalue weighted by atomic mass is 16.5. The Morgan fingerprint density at radius 2 is 2.00 bits per heavy atom. The zero-order chi connectivity index (χ0) is 14.1. The Hall–Kier alpha value is -1.28. The van der Waals surface area contributed by atoms with Crippen LogP contribution in [0.1, 0.15) is 56.6 Å². The van der Waals surface area contributed by atoms with Gasteiger partial charge in [0.1, 0.15) is 5.75 Å². The quantitative estimate of drug-likeness (QED) is 0.872. The lowest BCUT2D eigenvalue weighted by Crippen LogP contribution is -2.06. The van der Waals surface area contributed by atoms with E-state index < -0.39 is 0 Å². The SMILES string of the molecule is CCCC.COc1ccc2c(c1)[C@H](CCO)CC=C2. The largest absolute Gasteiger partial charge is 0.497 e. The van der Waals surface area contributed by atoms with Gasteiger partial charge in [0.2, 0.25) is 0 Å². The van der Waals surface area contributed by atoms with Crippen LogP contribution in [0, 0.1) is 0 Å². The summed E-state index contributed by atoms with van der Waals surface area (Å²) in [5.41, 5.74) is 2.55. The summed E-state index contributed by atoms with van der Waals surface area (Å²) in [5, 5.41) is 9.02. The molecule has 19 heavy (non-hydrogen) atoms. The number of rotatable bonds is 4. The number of allylic oxidation sites excluding steroid dienone is 1. The van der Waals surface area contributed by atoms with Gasteiger partial charge in [0.15, 0.2) is 0 Å². The molecule has 106 valence electrons. The van der Waals surface area contributed by atoms with Gasteiger partial charge >= 0.3 is 0 Å². The van der Waals surface area contributed by atoms with Gasteiger partial charge in [0.25, 0.3) is 0 Å². The first kappa shape index (κ1) is 15.8. The molecule has 0 heterocycles. The number of fused-ring (bicyclic) bond motifs is 1. The summed E-state index contributed by atoms with van der Waals surface area (Å²) in [6.07, 6.45) is 8.79. The summed E-state index contributed by atoms with van der Waals surface area (Å²) in [6.45, 7) is 4.61. The first-order valence-corrected chi connectivity index (χ1v) is 7.22. The highest BCUT2D eigenvalue weighted by molar-refractivity contribution is 5.59. The normalized spacial score (nSPS) is 16.3. The molecule has 2 heteroatoms. The van der Waals surface area contributed by atoms with Gasteiger partial charge in [-0.3, -0.25) is 0 Å². The average molecular weight is 262 g/mol. The molecule has 0 unspecified atom stereocenters. The zero-order valence-corrected chi connectivity index (χ0v) is 12.4. The summed E-state index contributed by atoms with van der Waals surface area (Å²) in [5.74, 6) is 1.33. The third-order valence-electron chi connectivity index (χ3n) is 3.43. The lowest BCUT2D eigenvalue weighted by Gasteiger charge is -2.21. The summed E-state index contributed by atoms with van der Waals surface area (Å²) in [6, 6.07) is 6.14. The molecule has 1 aliphatic carbocycles. The van der Waals surface area contributed by atoms with Gasteiger partial charge in [0.05, 0.1) is 7.11 Å². The number of benzene rings is 1. The number of hydrogen-bond donors (Lipinski definition) is 1. The van der Waals surface area contributed by atoms with Gasteiger partial charge in [-0.05, 0) is 42.0 Å². The molecule has 0 bridgehead atoms. The molecule has 0 amide bonds. The predicted octanol–water partition coefficient (Wildman–Crippen LogP) is 4.38. The molecule has 1 atom stereocenters. The van der Waals surface area contributed by atoms with Crippen molar-refractivity contribution in [1.82, 2.24) is 0 Å². The Morgan fingerprint density at radius 1 is 1.26 bits per heavy atom. The van der Waals surface area contributed by atoms with Crippen molar-refractivity contribution < 1.29 is 9.84 Å². The monoisotopic (exact) mass is 262 g/mol. The van der Waals surface area contributed by atoms with E-state index in [0.717, 1.165) is 18.6 Å². The lowest BCUT2D eigenvalue weighted by atomic mass is 9.85. The second-order valence-electron chi connectivity index (χ2n) is 4.84. The topological polar surface area (TPSA) is 29.5 Å². The number of aliphatic hydroxyl groups excluding tert-OH is 1. The van der Waals surface area contributed by atoms with Crippen LogP contribution >= 0.6 is 0 Å². The molecule has 0 spiro atoms. The molecule has 1 aromatic rings. The minimum atomic E-state index is 0.245. The van der Waals surface area contributed by atoms with Crippen LogP contribution in [0.4, 0.5) is 0 Å². The van der Waals surface area contributed by atoms with Crippen LogP contribution in [-0.2, 0) is 0 Å². The number of hydrogen-bond acceptors (Lipinski definition) is 2. The molecular formula is C17H26O2. The van der Waals surface area contributed by atoms with Crippen molar-refractivity contribution in [2.24, 2.45) is 0 Å². The predicted molar refractivity (Wildman–Crippen MR) is 81.7 cm³/mol. The summed E-state index contributed by atoms with van der Waals surface area (Å²) in [4.78, 5) is 0. The third-order valence-corrected chi connectivity index (χ3v) is 3.43. The van der Waals surface area contributed by atoms with E-state index in [-0.39, 0.29) is 6.61 Å². The Morgan fingerprint density at radius 3 is 2.58 bits per heavy atom. The summed E-state index contributed by atoms with van der Waals surface area (Å²) in [7, 11) is 1.68. The number of methoxy groups -OCH3 is 1. The van der Waals surface area contributed by atoms with E-state index in [1.165, 1.54) is 24.0 Å². The van der Waals surface area contributed by atoms with E-state index in [1.807, 2.05) is 6.07 Å². The van der Waals surface area contributed by atoms with Crippen molar-refractivity contribution in [1.29, 1.82) is 0 Å². The molecule has 0 aliphatic heterocycles. The van der Waals surface area contributed by atoms with Gasteiger partial charge in [0, 0.05) is 6.61 Å². The molecular weight excluding hydrogens is 236 g/mol. The summed E-state index contributed by atoms with van der Waals surface area (Å²) < 4.78 is 5.22. The molecule has 1 N–H and O–H groups in total. The third kappa shape index (κ3) is 4.71. The van der Waals surface area contributed by atoms with Crippen molar-refractivity contribution >= 4 is 6.08 Å². The fourth-order valence-corrected chi connectivity index (χ4v) is 2.10. The van der Waals surface area contributed by atoms with Gasteiger partial charge in [-0.1, -0.05) is 44.9 Å². The van der Waals surface area contributed by atoms with Gasteiger partial charge in [-0.2, -0.15) is 0 Å². The molecule has 0 saturated heterocycles. The molecule has 1 aliphatic rings.